The molecule has 0 radical (unpaired) electrons. The van der Waals surface area contributed by atoms with Gasteiger partial charge in [0.25, 0.3) is 0 Å². The van der Waals surface area contributed by atoms with Crippen molar-refractivity contribution in [3.05, 3.63) is 100 Å². The molecule has 2 atom stereocenters. The Morgan fingerprint density at radius 3 is 2.31 bits per heavy atom. The third kappa shape index (κ3) is 15.8. The lowest BCUT2D eigenvalue weighted by Gasteiger charge is -2.29. The number of ether oxygens (including phenoxy) is 1. The highest BCUT2D eigenvalue weighted by atomic mass is 19.4. The molecular weight excluding hydrogens is 611 g/mol. The molecule has 2 unspecified atom stereocenters. The fourth-order valence-corrected chi connectivity index (χ4v) is 4.73. The van der Waals surface area contributed by atoms with Gasteiger partial charge in [0.1, 0.15) is 29.9 Å². The minimum Gasteiger partial charge on any atom is -0.462 e. The van der Waals surface area contributed by atoms with Gasteiger partial charge in [0.15, 0.2) is 0 Å². The molecule has 2 N–H and O–H groups in total. The van der Waals surface area contributed by atoms with E-state index < -0.39 is 18.8 Å². The number of halogens is 3. The van der Waals surface area contributed by atoms with Crippen LogP contribution in [0.3, 0.4) is 0 Å². The number of unbranched alkanes of at least 4 members (excludes halogenated alkanes) is 2. The van der Waals surface area contributed by atoms with Crippen LogP contribution in [0.15, 0.2) is 83.4 Å². The lowest BCUT2D eigenvalue weighted by Crippen LogP contribution is -2.28. The summed E-state index contributed by atoms with van der Waals surface area (Å²) < 4.78 is 46.5. The first-order chi connectivity index (χ1) is 22.6. The molecule has 0 bridgehead atoms. The van der Waals surface area contributed by atoms with Crippen molar-refractivity contribution in [2.24, 2.45) is 11.3 Å². The summed E-state index contributed by atoms with van der Waals surface area (Å²) in [5, 5.41) is 33.5. The van der Waals surface area contributed by atoms with Crippen molar-refractivity contribution in [2.75, 3.05) is 6.54 Å². The Bertz CT molecular complexity index is 1440. The monoisotopic (exact) mass is 665 g/mol. The Morgan fingerprint density at radius 1 is 1.08 bits per heavy atom. The quantitative estimate of drug-likeness (QED) is 0.100. The van der Waals surface area contributed by atoms with Crippen molar-refractivity contribution >= 4 is 5.57 Å². The summed E-state index contributed by atoms with van der Waals surface area (Å²) >= 11 is 0. The van der Waals surface area contributed by atoms with Crippen LogP contribution in [-0.4, -0.2) is 24.1 Å². The van der Waals surface area contributed by atoms with Crippen molar-refractivity contribution in [2.45, 2.75) is 113 Å². The van der Waals surface area contributed by atoms with Crippen LogP contribution < -0.4 is 5.32 Å². The molecule has 0 heterocycles. The topological polar surface area (TPSA) is 89.1 Å². The number of hydrogen-bond donors (Lipinski definition) is 2. The van der Waals surface area contributed by atoms with Gasteiger partial charge in [-0.15, -0.1) is 0 Å². The van der Waals surface area contributed by atoms with Crippen LogP contribution >= 0.6 is 0 Å². The molecule has 1 aromatic rings. The molecule has 262 valence electrons. The first-order valence-electron chi connectivity index (χ1n) is 16.9. The molecule has 8 heteroatoms. The summed E-state index contributed by atoms with van der Waals surface area (Å²) in [4.78, 5) is 0. The Labute approximate surface area is 286 Å². The molecule has 5 nitrogen and oxygen atoms in total. The number of nitrogens with one attached hydrogen (secondary N) is 1. The number of nitriles is 2. The van der Waals surface area contributed by atoms with Gasteiger partial charge >= 0.3 is 6.18 Å². The molecule has 0 aromatic heterocycles. The van der Waals surface area contributed by atoms with E-state index in [-0.39, 0.29) is 28.0 Å². The first kappa shape index (κ1) is 42.2. The third-order valence-electron chi connectivity index (χ3n) is 7.65. The average Bonchev–Trinajstić information content (AvgIpc) is 3.01. The number of benzene rings is 1. The van der Waals surface area contributed by atoms with Gasteiger partial charge in [-0.05, 0) is 73.6 Å². The van der Waals surface area contributed by atoms with E-state index in [1.807, 2.05) is 13.0 Å². The summed E-state index contributed by atoms with van der Waals surface area (Å²) in [6.45, 7) is 16.9. The minimum absolute atomic E-state index is 0.0369. The fraction of sp³-hybridized carbons (Fsp3) is 0.500. The Hall–Kier alpha value is -3.85. The number of alkyl halides is 3. The van der Waals surface area contributed by atoms with Crippen LogP contribution in [0, 0.1) is 40.9 Å². The van der Waals surface area contributed by atoms with Crippen LogP contribution in [0.1, 0.15) is 104 Å². The normalized spacial score (nSPS) is 21.0. The molecule has 48 heavy (non-hydrogen) atoms. The van der Waals surface area contributed by atoms with Gasteiger partial charge in [-0.25, -0.2) is 0 Å². The van der Waals surface area contributed by atoms with Crippen LogP contribution in [-0.2, 0) is 11.2 Å². The maximum absolute atomic E-state index is 13.4. The van der Waals surface area contributed by atoms with Gasteiger partial charge < -0.3 is 9.84 Å². The molecule has 0 spiro atoms. The van der Waals surface area contributed by atoms with Crippen molar-refractivity contribution in [3.63, 3.8) is 0 Å². The zero-order chi connectivity index (χ0) is 36.3. The maximum atomic E-state index is 13.4. The molecule has 0 saturated carbocycles. The van der Waals surface area contributed by atoms with Gasteiger partial charge in [-0.2, -0.15) is 23.7 Å². The van der Waals surface area contributed by atoms with Crippen molar-refractivity contribution in [1.82, 2.24) is 5.32 Å². The minimum atomic E-state index is -4.41. The van der Waals surface area contributed by atoms with Crippen molar-refractivity contribution in [1.29, 1.82) is 10.5 Å². The third-order valence-corrected chi connectivity index (χ3v) is 7.65. The summed E-state index contributed by atoms with van der Waals surface area (Å²) in [5.41, 5.74) is 1.28. The van der Waals surface area contributed by atoms with E-state index in [2.05, 4.69) is 59.0 Å². The lowest BCUT2D eigenvalue weighted by molar-refractivity contribution is -0.127. The van der Waals surface area contributed by atoms with Gasteiger partial charge in [-0.3, -0.25) is 5.32 Å². The SMILES string of the molecule is C/C=C(\C=C/CC(O)NCCCC)O\C1=C/C(c2cc(C)cc(CC(F)(F)F)c2)=C(C#N)\C(C#N)=C/C=C/C(C(C)(C)C)C1.CCCC. The van der Waals surface area contributed by atoms with Crippen LogP contribution in [0.2, 0.25) is 0 Å². The lowest BCUT2D eigenvalue weighted by atomic mass is 9.77. The molecule has 2 rings (SSSR count). The zero-order valence-corrected chi connectivity index (χ0v) is 30.0. The van der Waals surface area contributed by atoms with Crippen LogP contribution in [0.5, 0.6) is 0 Å². The highest BCUT2D eigenvalue weighted by molar-refractivity contribution is 5.85. The molecule has 0 amide bonds. The maximum Gasteiger partial charge on any atom is 0.393 e. The first-order valence-corrected chi connectivity index (χ1v) is 16.9. The van der Waals surface area contributed by atoms with Gasteiger partial charge in [0.05, 0.1) is 17.6 Å². The number of allylic oxidation sites excluding steroid dienone is 10. The second-order valence-electron chi connectivity index (χ2n) is 13.0. The van der Waals surface area contributed by atoms with E-state index in [1.54, 1.807) is 49.4 Å². The largest absolute Gasteiger partial charge is 0.462 e. The van der Waals surface area contributed by atoms with E-state index in [0.29, 0.717) is 47.6 Å². The molecule has 1 aliphatic rings. The van der Waals surface area contributed by atoms with Gasteiger partial charge in [0.2, 0.25) is 0 Å². The molecule has 0 fully saturated rings. The zero-order valence-electron chi connectivity index (χ0n) is 30.0. The molecule has 0 aliphatic heterocycles. The predicted molar refractivity (Wildman–Crippen MR) is 190 cm³/mol. The average molecular weight is 666 g/mol. The highest BCUT2D eigenvalue weighted by Gasteiger charge is 2.29. The van der Waals surface area contributed by atoms with Crippen molar-refractivity contribution in [3.8, 4) is 12.1 Å². The number of aliphatic hydroxyl groups excluding tert-OH is 1. The second-order valence-corrected chi connectivity index (χ2v) is 13.0. The molecule has 1 aliphatic carbocycles. The highest BCUT2D eigenvalue weighted by Crippen LogP contribution is 2.37. The number of aliphatic hydroxyl groups is 1. The summed E-state index contributed by atoms with van der Waals surface area (Å²) in [5.74, 6) is 0.941. The smallest absolute Gasteiger partial charge is 0.393 e. The number of hydrogen-bond acceptors (Lipinski definition) is 5. The number of nitrogens with zero attached hydrogens (tertiary/aromatic N) is 2. The summed E-state index contributed by atoms with van der Waals surface area (Å²) in [6.07, 6.45) is 11.5. The molecular formula is C40H54F3N3O2. The Balaban J connectivity index is 0.00000272. The Morgan fingerprint density at radius 2 is 1.77 bits per heavy atom. The fourth-order valence-electron chi connectivity index (χ4n) is 4.73. The molecule has 0 saturated heterocycles. The molecule has 1 aromatic carbocycles. The number of aryl methyl sites for hydroxylation is 1. The van der Waals surface area contributed by atoms with E-state index in [1.165, 1.54) is 25.0 Å². The van der Waals surface area contributed by atoms with E-state index in [4.69, 9.17) is 4.74 Å². The number of rotatable bonds is 12. The van der Waals surface area contributed by atoms with Gasteiger partial charge in [0, 0.05) is 18.4 Å². The van der Waals surface area contributed by atoms with Crippen molar-refractivity contribution < 1.29 is 23.0 Å². The predicted octanol–water partition coefficient (Wildman–Crippen LogP) is 10.7. The van der Waals surface area contributed by atoms with Crippen LogP contribution in [0.25, 0.3) is 5.57 Å². The van der Waals surface area contributed by atoms with E-state index in [0.717, 1.165) is 12.8 Å². The van der Waals surface area contributed by atoms with E-state index in [9.17, 15) is 28.8 Å². The second kappa shape index (κ2) is 21.2. The van der Waals surface area contributed by atoms with Crippen LogP contribution in [0.4, 0.5) is 13.2 Å². The van der Waals surface area contributed by atoms with Gasteiger partial charge in [-0.1, -0.05) is 103 Å². The standard InChI is InChI=1S/C36H44F3N3O2.C4H10/c1-7-9-16-42-34(43)15-11-14-30(8-2)44-31-20-29(35(4,5)6)13-10-12-27(23-40)33(24-41)32(21-31)28-18-25(3)17-26(19-28)22-36(37,38)39;1-3-4-2/h8,10-14,17-19,21,29,34,42-43H,7,9,15-16,20,22H2,1-6H3;3-4H2,1-2H3/b13-10+,14-11-,27-12-,30-8+,31-21-,33-32+;. The van der Waals surface area contributed by atoms with E-state index >= 15 is 0 Å². The summed E-state index contributed by atoms with van der Waals surface area (Å²) in [6, 6.07) is 8.82. The Kier molecular flexibility index (Phi) is 18.6. The summed E-state index contributed by atoms with van der Waals surface area (Å²) in [7, 11) is 0.